The lowest BCUT2D eigenvalue weighted by Gasteiger charge is -2.40. The van der Waals surface area contributed by atoms with Crippen LogP contribution in [-0.2, 0) is 15.9 Å². The molecule has 0 radical (unpaired) electrons. The Labute approximate surface area is 190 Å². The molecule has 0 spiro atoms. The van der Waals surface area contributed by atoms with Crippen LogP contribution in [0.5, 0.6) is 5.75 Å². The molecule has 2 aromatic carbocycles. The number of benzene rings is 2. The van der Waals surface area contributed by atoms with Gasteiger partial charge in [0.15, 0.2) is 0 Å². The van der Waals surface area contributed by atoms with Crippen molar-refractivity contribution in [2.45, 2.75) is 49.1 Å². The first kappa shape index (κ1) is 23.4. The maximum atomic E-state index is 10.4. The molecule has 2 aromatic rings. The predicted octanol–water partition coefficient (Wildman–Crippen LogP) is 0.584. The minimum Gasteiger partial charge on any atom is -0.485 e. The van der Waals surface area contributed by atoms with Crippen LogP contribution in [0.4, 0.5) is 0 Å². The van der Waals surface area contributed by atoms with Crippen LogP contribution >= 0.6 is 11.6 Å². The summed E-state index contributed by atoms with van der Waals surface area (Å²) >= 11 is 6.39. The van der Waals surface area contributed by atoms with Crippen molar-refractivity contribution in [3.63, 3.8) is 0 Å². The molecule has 5 N–H and O–H groups in total. The first-order valence-electron chi connectivity index (χ1n) is 10.5. The Kier molecular flexibility index (Phi) is 7.34. The number of hydrogen-bond donors (Lipinski definition) is 5. The molecule has 7 atom stereocenters. The number of rotatable bonds is 6. The Balaban J connectivity index is 1.48. The summed E-state index contributed by atoms with van der Waals surface area (Å²) in [6, 6.07) is 12.6. The summed E-state index contributed by atoms with van der Waals surface area (Å²) in [6.07, 6.45) is -6.62. The molecule has 32 heavy (non-hydrogen) atoms. The molecule has 0 aliphatic carbocycles. The van der Waals surface area contributed by atoms with E-state index >= 15 is 0 Å². The number of aliphatic hydroxyl groups excluding tert-OH is 5. The third-order valence-corrected chi connectivity index (χ3v) is 6.26. The van der Waals surface area contributed by atoms with Crippen molar-refractivity contribution < 1.29 is 39.7 Å². The molecule has 0 bridgehead atoms. The summed E-state index contributed by atoms with van der Waals surface area (Å²) in [6.45, 7) is 0.135. The fraction of sp³-hybridized carbons (Fsp3) is 0.478. The molecule has 2 fully saturated rings. The average molecular weight is 467 g/mol. The molecule has 2 aliphatic rings. The van der Waals surface area contributed by atoms with Gasteiger partial charge in [-0.25, -0.2) is 0 Å². The second-order valence-corrected chi connectivity index (χ2v) is 8.59. The van der Waals surface area contributed by atoms with Crippen molar-refractivity contribution in [2.75, 3.05) is 19.8 Å². The first-order chi connectivity index (χ1) is 15.4. The Bertz CT molecular complexity index is 905. The summed E-state index contributed by atoms with van der Waals surface area (Å²) in [4.78, 5) is 0. The molecule has 0 saturated carbocycles. The molecule has 2 aliphatic heterocycles. The largest absolute Gasteiger partial charge is 0.485 e. The second-order valence-electron chi connectivity index (χ2n) is 8.18. The normalized spacial score (nSPS) is 32.8. The van der Waals surface area contributed by atoms with Gasteiger partial charge in [-0.05, 0) is 41.3 Å². The Morgan fingerprint density at radius 3 is 2.34 bits per heavy atom. The van der Waals surface area contributed by atoms with Gasteiger partial charge in [-0.1, -0.05) is 35.9 Å². The Morgan fingerprint density at radius 1 is 0.938 bits per heavy atom. The van der Waals surface area contributed by atoms with Crippen molar-refractivity contribution >= 4 is 11.6 Å². The highest BCUT2D eigenvalue weighted by Crippen LogP contribution is 2.34. The molecule has 9 heteroatoms. The lowest BCUT2D eigenvalue weighted by atomic mass is 9.90. The molecule has 8 nitrogen and oxygen atoms in total. The van der Waals surface area contributed by atoms with Crippen molar-refractivity contribution in [1.82, 2.24) is 0 Å². The summed E-state index contributed by atoms with van der Waals surface area (Å²) in [5.74, 6) is 0.629. The van der Waals surface area contributed by atoms with Crippen LogP contribution in [0.15, 0.2) is 42.5 Å². The summed E-state index contributed by atoms with van der Waals surface area (Å²) in [5, 5.41) is 50.2. The van der Waals surface area contributed by atoms with E-state index < -0.39 is 43.2 Å². The van der Waals surface area contributed by atoms with E-state index in [0.717, 1.165) is 11.1 Å². The van der Waals surface area contributed by atoms with Crippen LogP contribution in [0.2, 0.25) is 5.02 Å². The standard InChI is InChI=1S/C23H27ClO8/c24-16-6-3-13(23-22(29)21(28)20(27)18(9-25)32-23)8-14(16)7-12-1-4-15(5-2-12)31-19-11-30-10-17(19)26/h1-6,8,17-23,25-29H,7,9-11H2/t17-,18+,19?,20+,21-,22+,23-/m0/s1. The van der Waals surface area contributed by atoms with Gasteiger partial charge in [0.05, 0.1) is 19.8 Å². The van der Waals surface area contributed by atoms with E-state index in [4.69, 9.17) is 25.8 Å². The fourth-order valence-electron chi connectivity index (χ4n) is 4.00. The van der Waals surface area contributed by atoms with E-state index in [1.807, 2.05) is 24.3 Å². The van der Waals surface area contributed by atoms with Crippen LogP contribution in [0.3, 0.4) is 0 Å². The zero-order valence-corrected chi connectivity index (χ0v) is 18.0. The molecular formula is C23H27ClO8. The number of halogens is 1. The van der Waals surface area contributed by atoms with E-state index in [0.29, 0.717) is 29.4 Å². The lowest BCUT2D eigenvalue weighted by molar-refractivity contribution is -0.231. The van der Waals surface area contributed by atoms with Crippen LogP contribution in [0.25, 0.3) is 0 Å². The second kappa shape index (κ2) is 10.0. The van der Waals surface area contributed by atoms with Gasteiger partial charge in [0.25, 0.3) is 0 Å². The van der Waals surface area contributed by atoms with E-state index in [9.17, 15) is 25.5 Å². The van der Waals surface area contributed by atoms with Gasteiger partial charge < -0.3 is 39.7 Å². The zero-order valence-electron chi connectivity index (χ0n) is 17.3. The summed E-state index contributed by atoms with van der Waals surface area (Å²) < 4.78 is 16.6. The highest BCUT2D eigenvalue weighted by Gasteiger charge is 2.44. The highest BCUT2D eigenvalue weighted by atomic mass is 35.5. The fourth-order valence-corrected chi connectivity index (χ4v) is 4.19. The zero-order chi connectivity index (χ0) is 22.8. The maximum absolute atomic E-state index is 10.4. The molecule has 174 valence electrons. The van der Waals surface area contributed by atoms with E-state index in [2.05, 4.69) is 0 Å². The molecule has 0 aromatic heterocycles. The molecule has 2 heterocycles. The van der Waals surface area contributed by atoms with Crippen molar-refractivity contribution in [3.8, 4) is 5.75 Å². The smallest absolute Gasteiger partial charge is 0.150 e. The third-order valence-electron chi connectivity index (χ3n) is 5.90. The van der Waals surface area contributed by atoms with Gasteiger partial charge in [0.2, 0.25) is 0 Å². The van der Waals surface area contributed by atoms with Crippen LogP contribution in [-0.4, -0.2) is 82.0 Å². The molecule has 2 saturated heterocycles. The van der Waals surface area contributed by atoms with E-state index in [-0.39, 0.29) is 12.7 Å². The summed E-state index contributed by atoms with van der Waals surface area (Å²) in [7, 11) is 0. The van der Waals surface area contributed by atoms with Gasteiger partial charge >= 0.3 is 0 Å². The van der Waals surface area contributed by atoms with Crippen molar-refractivity contribution in [2.24, 2.45) is 0 Å². The minimum absolute atomic E-state index is 0.270. The molecule has 0 amide bonds. The number of ether oxygens (including phenoxy) is 3. The average Bonchev–Trinajstić information content (AvgIpc) is 3.19. The topological polar surface area (TPSA) is 129 Å². The molecule has 1 unspecified atom stereocenters. The molecule has 4 rings (SSSR count). The van der Waals surface area contributed by atoms with Gasteiger partial charge in [0.1, 0.15) is 48.5 Å². The Hall–Kier alpha value is -1.75. The quantitative estimate of drug-likeness (QED) is 0.418. The van der Waals surface area contributed by atoms with Crippen molar-refractivity contribution in [3.05, 3.63) is 64.2 Å². The van der Waals surface area contributed by atoms with Crippen LogP contribution < -0.4 is 4.74 Å². The minimum atomic E-state index is -1.44. The van der Waals surface area contributed by atoms with Gasteiger partial charge in [-0.15, -0.1) is 0 Å². The van der Waals surface area contributed by atoms with Crippen molar-refractivity contribution in [1.29, 1.82) is 0 Å². The number of hydrogen-bond acceptors (Lipinski definition) is 8. The monoisotopic (exact) mass is 466 g/mol. The lowest BCUT2D eigenvalue weighted by Crippen LogP contribution is -2.55. The summed E-state index contributed by atoms with van der Waals surface area (Å²) in [5.41, 5.74) is 2.33. The van der Waals surface area contributed by atoms with Gasteiger partial charge in [0, 0.05) is 5.02 Å². The molecular weight excluding hydrogens is 440 g/mol. The van der Waals surface area contributed by atoms with E-state index in [1.54, 1.807) is 18.2 Å². The maximum Gasteiger partial charge on any atom is 0.150 e. The number of aliphatic hydroxyl groups is 5. The highest BCUT2D eigenvalue weighted by molar-refractivity contribution is 6.31. The van der Waals surface area contributed by atoms with Crippen LogP contribution in [0.1, 0.15) is 22.8 Å². The SMILES string of the molecule is OC[C@H]1O[C@@H](c2ccc(Cl)c(Cc3ccc(OC4COC[C@@H]4O)cc3)c2)[C@H](O)[C@@H](O)[C@@H]1O. The van der Waals surface area contributed by atoms with E-state index in [1.165, 1.54) is 0 Å². The van der Waals surface area contributed by atoms with Gasteiger partial charge in [-0.2, -0.15) is 0 Å². The first-order valence-corrected chi connectivity index (χ1v) is 10.9. The third kappa shape index (κ3) is 4.93. The Morgan fingerprint density at radius 2 is 1.69 bits per heavy atom. The van der Waals surface area contributed by atoms with Gasteiger partial charge in [-0.3, -0.25) is 0 Å². The predicted molar refractivity (Wildman–Crippen MR) is 115 cm³/mol. The van der Waals surface area contributed by atoms with Crippen LogP contribution in [0, 0.1) is 0 Å².